The van der Waals surface area contributed by atoms with Gasteiger partial charge in [-0.2, -0.15) is 0 Å². The van der Waals surface area contributed by atoms with Crippen LogP contribution in [0, 0.1) is 5.92 Å². The fraction of sp³-hybridized carbons (Fsp3) is 0.500. The van der Waals surface area contributed by atoms with Crippen LogP contribution in [0.5, 0.6) is 0 Å². The van der Waals surface area contributed by atoms with Crippen LogP contribution >= 0.6 is 0 Å². The number of ether oxygens (including phenoxy) is 1. The normalized spacial score (nSPS) is 12.1. The van der Waals surface area contributed by atoms with E-state index < -0.39 is 0 Å². The van der Waals surface area contributed by atoms with Crippen LogP contribution in [0.2, 0.25) is 0 Å². The van der Waals surface area contributed by atoms with Crippen LogP contribution in [0.1, 0.15) is 32.3 Å². The quantitative estimate of drug-likeness (QED) is 0.688. The second-order valence-electron chi connectivity index (χ2n) is 4.23. The SMILES string of the molecule is CCCC(=O)OC[C@H](C)Cc1ccccc1. The molecule has 0 bridgehead atoms. The summed E-state index contributed by atoms with van der Waals surface area (Å²) in [6.07, 6.45) is 2.34. The van der Waals surface area contributed by atoms with Crippen molar-refractivity contribution in [3.63, 3.8) is 0 Å². The fourth-order valence-electron chi connectivity index (χ4n) is 1.59. The maximum atomic E-state index is 11.2. The zero-order valence-corrected chi connectivity index (χ0v) is 10.1. The molecule has 0 fully saturated rings. The number of hydrogen-bond acceptors (Lipinski definition) is 2. The third-order valence-corrected chi connectivity index (χ3v) is 2.41. The van der Waals surface area contributed by atoms with E-state index in [1.807, 2.05) is 25.1 Å². The predicted molar refractivity (Wildman–Crippen MR) is 65.2 cm³/mol. The molecule has 1 aromatic rings. The molecule has 0 aliphatic rings. The minimum absolute atomic E-state index is 0.0811. The van der Waals surface area contributed by atoms with Gasteiger partial charge in [0.1, 0.15) is 0 Å². The molecular weight excluding hydrogens is 200 g/mol. The molecule has 2 nitrogen and oxygen atoms in total. The Morgan fingerprint density at radius 3 is 2.62 bits per heavy atom. The van der Waals surface area contributed by atoms with Crippen molar-refractivity contribution in [1.29, 1.82) is 0 Å². The Balaban J connectivity index is 2.26. The molecule has 1 aromatic carbocycles. The van der Waals surface area contributed by atoms with Crippen LogP contribution in [0.4, 0.5) is 0 Å². The second-order valence-corrected chi connectivity index (χ2v) is 4.23. The van der Waals surface area contributed by atoms with Gasteiger partial charge in [0.25, 0.3) is 0 Å². The Morgan fingerprint density at radius 2 is 2.00 bits per heavy atom. The zero-order chi connectivity index (χ0) is 11.8. The number of benzene rings is 1. The van der Waals surface area contributed by atoms with Gasteiger partial charge in [0.2, 0.25) is 0 Å². The number of hydrogen-bond donors (Lipinski definition) is 0. The molecule has 0 amide bonds. The molecule has 0 saturated heterocycles. The van der Waals surface area contributed by atoms with Gasteiger partial charge < -0.3 is 4.74 Å². The van der Waals surface area contributed by atoms with E-state index in [-0.39, 0.29) is 5.97 Å². The summed E-state index contributed by atoms with van der Waals surface area (Å²) >= 11 is 0. The third-order valence-electron chi connectivity index (χ3n) is 2.41. The Hall–Kier alpha value is -1.31. The van der Waals surface area contributed by atoms with Crippen molar-refractivity contribution in [2.45, 2.75) is 33.1 Å². The molecule has 0 aromatic heterocycles. The van der Waals surface area contributed by atoms with Crippen molar-refractivity contribution in [1.82, 2.24) is 0 Å². The summed E-state index contributed by atoms with van der Waals surface area (Å²) in [6, 6.07) is 10.3. The zero-order valence-electron chi connectivity index (χ0n) is 10.1. The summed E-state index contributed by atoms with van der Waals surface area (Å²) in [6.45, 7) is 4.61. The van der Waals surface area contributed by atoms with Gasteiger partial charge in [0, 0.05) is 6.42 Å². The molecule has 1 atom stereocenters. The summed E-state index contributed by atoms with van der Waals surface area (Å²) < 4.78 is 5.18. The third kappa shape index (κ3) is 4.96. The van der Waals surface area contributed by atoms with Crippen molar-refractivity contribution in [3.8, 4) is 0 Å². The highest BCUT2D eigenvalue weighted by Gasteiger charge is 2.07. The van der Waals surface area contributed by atoms with Crippen LogP contribution in [-0.2, 0) is 16.0 Å². The maximum Gasteiger partial charge on any atom is 0.305 e. The highest BCUT2D eigenvalue weighted by molar-refractivity contribution is 5.69. The molecule has 1 rings (SSSR count). The van der Waals surface area contributed by atoms with Gasteiger partial charge in [0.15, 0.2) is 0 Å². The van der Waals surface area contributed by atoms with Gasteiger partial charge in [-0.25, -0.2) is 0 Å². The Bertz CT molecular complexity index is 306. The van der Waals surface area contributed by atoms with Crippen LogP contribution in [0.15, 0.2) is 30.3 Å². The summed E-state index contributed by atoms with van der Waals surface area (Å²) in [5.74, 6) is 0.297. The first-order chi connectivity index (χ1) is 7.72. The van der Waals surface area contributed by atoms with Crippen molar-refractivity contribution in [3.05, 3.63) is 35.9 Å². The molecule has 0 unspecified atom stereocenters. The van der Waals surface area contributed by atoms with Gasteiger partial charge in [-0.15, -0.1) is 0 Å². The molecule has 0 aliphatic heterocycles. The van der Waals surface area contributed by atoms with Crippen molar-refractivity contribution >= 4 is 5.97 Å². The van der Waals surface area contributed by atoms with E-state index in [0.29, 0.717) is 18.9 Å². The standard InChI is InChI=1S/C14H20O2/c1-3-7-14(15)16-11-12(2)10-13-8-5-4-6-9-13/h4-6,8-9,12H,3,7,10-11H2,1-2H3/t12-/m1/s1. The first kappa shape index (κ1) is 12.8. The smallest absolute Gasteiger partial charge is 0.305 e. The average molecular weight is 220 g/mol. The summed E-state index contributed by atoms with van der Waals surface area (Å²) in [5.41, 5.74) is 1.29. The van der Waals surface area contributed by atoms with Gasteiger partial charge in [-0.3, -0.25) is 4.79 Å². The Morgan fingerprint density at radius 1 is 1.31 bits per heavy atom. The maximum absolute atomic E-state index is 11.2. The number of rotatable bonds is 6. The molecule has 0 aliphatic carbocycles. The van der Waals surface area contributed by atoms with E-state index in [2.05, 4.69) is 19.1 Å². The Labute approximate surface area is 97.6 Å². The summed E-state index contributed by atoms with van der Waals surface area (Å²) in [4.78, 5) is 11.2. The van der Waals surface area contributed by atoms with Gasteiger partial charge in [0.05, 0.1) is 6.61 Å². The lowest BCUT2D eigenvalue weighted by Gasteiger charge is -2.11. The summed E-state index contributed by atoms with van der Waals surface area (Å²) in [5, 5.41) is 0. The molecular formula is C14H20O2. The van der Waals surface area contributed by atoms with E-state index in [1.165, 1.54) is 5.56 Å². The van der Waals surface area contributed by atoms with E-state index in [4.69, 9.17) is 4.74 Å². The minimum Gasteiger partial charge on any atom is -0.465 e. The highest BCUT2D eigenvalue weighted by Crippen LogP contribution is 2.08. The average Bonchev–Trinajstić information content (AvgIpc) is 2.28. The number of carbonyl (C=O) groups excluding carboxylic acids is 1. The molecule has 0 N–H and O–H groups in total. The van der Waals surface area contributed by atoms with Gasteiger partial charge in [-0.05, 0) is 24.3 Å². The highest BCUT2D eigenvalue weighted by atomic mass is 16.5. The molecule has 88 valence electrons. The topological polar surface area (TPSA) is 26.3 Å². The molecule has 0 spiro atoms. The van der Waals surface area contributed by atoms with E-state index in [1.54, 1.807) is 0 Å². The van der Waals surface area contributed by atoms with Crippen LogP contribution in [0.3, 0.4) is 0 Å². The van der Waals surface area contributed by atoms with Gasteiger partial charge in [-0.1, -0.05) is 44.2 Å². The van der Waals surface area contributed by atoms with Crippen molar-refractivity contribution in [2.75, 3.05) is 6.61 Å². The molecule has 2 heteroatoms. The van der Waals surface area contributed by atoms with Crippen LogP contribution in [0.25, 0.3) is 0 Å². The van der Waals surface area contributed by atoms with Crippen molar-refractivity contribution in [2.24, 2.45) is 5.92 Å². The van der Waals surface area contributed by atoms with Crippen LogP contribution in [-0.4, -0.2) is 12.6 Å². The first-order valence-corrected chi connectivity index (χ1v) is 5.92. The largest absolute Gasteiger partial charge is 0.465 e. The van der Waals surface area contributed by atoms with E-state index in [9.17, 15) is 4.79 Å². The lowest BCUT2D eigenvalue weighted by atomic mass is 10.0. The fourth-order valence-corrected chi connectivity index (χ4v) is 1.59. The molecule has 0 radical (unpaired) electrons. The molecule has 16 heavy (non-hydrogen) atoms. The van der Waals surface area contributed by atoms with Crippen LogP contribution < -0.4 is 0 Å². The van der Waals surface area contributed by atoms with Crippen molar-refractivity contribution < 1.29 is 9.53 Å². The molecule has 0 saturated carbocycles. The minimum atomic E-state index is -0.0811. The first-order valence-electron chi connectivity index (χ1n) is 5.92. The Kier molecular flexibility index (Phi) is 5.62. The molecule has 0 heterocycles. The predicted octanol–water partition coefficient (Wildman–Crippen LogP) is 3.21. The van der Waals surface area contributed by atoms with E-state index in [0.717, 1.165) is 12.8 Å². The van der Waals surface area contributed by atoms with E-state index >= 15 is 0 Å². The monoisotopic (exact) mass is 220 g/mol. The van der Waals surface area contributed by atoms with Gasteiger partial charge >= 0.3 is 5.97 Å². The number of esters is 1. The lowest BCUT2D eigenvalue weighted by molar-refractivity contribution is -0.144. The second kappa shape index (κ2) is 7.04. The summed E-state index contributed by atoms with van der Waals surface area (Å²) in [7, 11) is 0. The number of carbonyl (C=O) groups is 1. The lowest BCUT2D eigenvalue weighted by Crippen LogP contribution is -2.13.